The molecule has 6 rings (SSSR count). The van der Waals surface area contributed by atoms with Gasteiger partial charge >= 0.3 is 6.18 Å². The Balaban J connectivity index is 1.57. The van der Waals surface area contributed by atoms with E-state index in [1.165, 1.54) is 10.6 Å². The molecule has 4 aromatic rings. The Morgan fingerprint density at radius 3 is 2.64 bits per heavy atom. The van der Waals surface area contributed by atoms with E-state index in [-0.39, 0.29) is 28.4 Å². The summed E-state index contributed by atoms with van der Waals surface area (Å²) in [6.45, 7) is 4.39. The van der Waals surface area contributed by atoms with E-state index in [1.807, 2.05) is 18.5 Å². The number of halogens is 3. The van der Waals surface area contributed by atoms with Crippen molar-refractivity contribution in [3.05, 3.63) is 35.2 Å². The highest BCUT2D eigenvalue weighted by Crippen LogP contribution is 2.39. The summed E-state index contributed by atoms with van der Waals surface area (Å²) in [6.07, 6.45) is -0.328. The number of fused-ring (bicyclic) bond motifs is 3. The van der Waals surface area contributed by atoms with Crippen LogP contribution < -0.4 is 10.6 Å². The quantitative estimate of drug-likeness (QED) is 0.438. The van der Waals surface area contributed by atoms with Gasteiger partial charge in [-0.05, 0) is 58.1 Å². The fourth-order valence-electron chi connectivity index (χ4n) is 4.95. The Bertz CT molecular complexity index is 1500. The zero-order valence-electron chi connectivity index (χ0n) is 19.9. The van der Waals surface area contributed by atoms with Gasteiger partial charge in [0.15, 0.2) is 11.5 Å². The molecule has 3 aromatic heterocycles. The Labute approximate surface area is 204 Å². The SMILES string of the molecule is Cc1nn(C2CC2)c(C)c1-c1nc2c3cccc(C(F)(F)F)c3nc(N[C@@H]3CCCCNC3=O)n2n1. The van der Waals surface area contributed by atoms with Crippen molar-refractivity contribution in [2.24, 2.45) is 0 Å². The number of aryl methyl sites for hydroxylation is 1. The number of rotatable bonds is 4. The van der Waals surface area contributed by atoms with E-state index in [1.54, 1.807) is 6.07 Å². The van der Waals surface area contributed by atoms with Crippen molar-refractivity contribution in [1.29, 1.82) is 0 Å². The molecule has 0 bridgehead atoms. The molecule has 0 unspecified atom stereocenters. The van der Waals surface area contributed by atoms with Crippen LogP contribution in [0.1, 0.15) is 55.1 Å². The third kappa shape index (κ3) is 3.75. The smallest absolute Gasteiger partial charge is 0.354 e. The second-order valence-corrected chi connectivity index (χ2v) is 9.51. The summed E-state index contributed by atoms with van der Waals surface area (Å²) in [7, 11) is 0. The number of nitrogens with zero attached hydrogens (tertiary/aromatic N) is 6. The van der Waals surface area contributed by atoms with Gasteiger partial charge in [-0.2, -0.15) is 22.8 Å². The number of anilines is 1. The fraction of sp³-hybridized carbons (Fsp3) is 0.458. The van der Waals surface area contributed by atoms with Gasteiger partial charge in [0.05, 0.1) is 28.4 Å². The molecule has 1 saturated heterocycles. The second-order valence-electron chi connectivity index (χ2n) is 9.51. The van der Waals surface area contributed by atoms with Crippen LogP contribution >= 0.6 is 0 Å². The van der Waals surface area contributed by atoms with Gasteiger partial charge in [0.2, 0.25) is 11.9 Å². The molecular formula is C24H25F3N8O. The number of benzene rings is 1. The number of carbonyl (C=O) groups excluding carboxylic acids is 1. The Kier molecular flexibility index (Phi) is 5.16. The molecule has 1 aliphatic heterocycles. The lowest BCUT2D eigenvalue weighted by atomic mass is 10.1. The van der Waals surface area contributed by atoms with Gasteiger partial charge in [0.1, 0.15) is 6.04 Å². The van der Waals surface area contributed by atoms with Gasteiger partial charge in [-0.1, -0.05) is 6.07 Å². The van der Waals surface area contributed by atoms with E-state index in [9.17, 15) is 18.0 Å². The average molecular weight is 499 g/mol. The van der Waals surface area contributed by atoms with Crippen molar-refractivity contribution in [1.82, 2.24) is 34.7 Å². The van der Waals surface area contributed by atoms with Crippen molar-refractivity contribution >= 4 is 28.4 Å². The number of carbonyl (C=O) groups is 1. The van der Waals surface area contributed by atoms with Crippen LogP contribution in [0.25, 0.3) is 27.9 Å². The predicted molar refractivity (Wildman–Crippen MR) is 127 cm³/mol. The number of hydrogen-bond acceptors (Lipinski definition) is 6. The average Bonchev–Trinajstić information content (AvgIpc) is 3.54. The molecule has 4 heterocycles. The van der Waals surface area contributed by atoms with E-state index in [4.69, 9.17) is 4.98 Å². The van der Waals surface area contributed by atoms with Crippen LogP contribution in [0.2, 0.25) is 0 Å². The zero-order chi connectivity index (χ0) is 25.2. The number of amides is 1. The lowest BCUT2D eigenvalue weighted by Gasteiger charge is -2.17. The summed E-state index contributed by atoms with van der Waals surface area (Å²) in [5.74, 6) is 0.182. The molecule has 12 heteroatoms. The molecule has 0 radical (unpaired) electrons. The summed E-state index contributed by atoms with van der Waals surface area (Å²) < 4.78 is 45.1. The van der Waals surface area contributed by atoms with Gasteiger partial charge in [-0.25, -0.2) is 9.97 Å². The first-order valence-corrected chi connectivity index (χ1v) is 12.1. The molecule has 1 amide bonds. The molecule has 36 heavy (non-hydrogen) atoms. The molecule has 9 nitrogen and oxygen atoms in total. The minimum Gasteiger partial charge on any atom is -0.354 e. The maximum absolute atomic E-state index is 13.9. The van der Waals surface area contributed by atoms with Gasteiger partial charge in [-0.3, -0.25) is 9.48 Å². The first-order valence-electron chi connectivity index (χ1n) is 12.1. The van der Waals surface area contributed by atoms with Crippen molar-refractivity contribution in [3.63, 3.8) is 0 Å². The van der Waals surface area contributed by atoms with E-state index in [2.05, 4.69) is 25.8 Å². The second kappa shape index (κ2) is 8.17. The lowest BCUT2D eigenvalue weighted by Crippen LogP contribution is -2.38. The molecule has 2 N–H and O–H groups in total. The summed E-state index contributed by atoms with van der Waals surface area (Å²) in [6, 6.07) is 3.61. The number of alkyl halides is 3. The molecule has 1 atom stereocenters. The summed E-state index contributed by atoms with van der Waals surface area (Å²) >= 11 is 0. The first-order chi connectivity index (χ1) is 17.2. The highest BCUT2D eigenvalue weighted by molar-refractivity contribution is 5.95. The van der Waals surface area contributed by atoms with Crippen LogP contribution in [0.5, 0.6) is 0 Å². The third-order valence-electron chi connectivity index (χ3n) is 6.89. The Hall–Kier alpha value is -3.70. The van der Waals surface area contributed by atoms with Gasteiger partial charge in [-0.15, -0.1) is 5.10 Å². The zero-order valence-corrected chi connectivity index (χ0v) is 19.9. The van der Waals surface area contributed by atoms with Crippen LogP contribution in [0.3, 0.4) is 0 Å². The van der Waals surface area contributed by atoms with Crippen molar-refractivity contribution in [3.8, 4) is 11.4 Å². The monoisotopic (exact) mass is 498 g/mol. The van der Waals surface area contributed by atoms with Crippen LogP contribution in [-0.2, 0) is 11.0 Å². The van der Waals surface area contributed by atoms with E-state index >= 15 is 0 Å². The molecule has 1 saturated carbocycles. The van der Waals surface area contributed by atoms with E-state index in [0.29, 0.717) is 24.8 Å². The molecule has 188 valence electrons. The van der Waals surface area contributed by atoms with Crippen LogP contribution in [-0.4, -0.2) is 47.9 Å². The summed E-state index contributed by atoms with van der Waals surface area (Å²) in [4.78, 5) is 21.6. The van der Waals surface area contributed by atoms with E-state index < -0.39 is 17.8 Å². The molecule has 1 aromatic carbocycles. The largest absolute Gasteiger partial charge is 0.418 e. The topological polar surface area (TPSA) is 102 Å². The molecule has 2 fully saturated rings. The number of para-hydroxylation sites is 1. The van der Waals surface area contributed by atoms with Crippen molar-refractivity contribution in [2.45, 2.75) is 64.2 Å². The van der Waals surface area contributed by atoms with Gasteiger partial charge < -0.3 is 10.6 Å². The molecular weight excluding hydrogens is 473 g/mol. The first kappa shape index (κ1) is 22.7. The highest BCUT2D eigenvalue weighted by atomic mass is 19.4. The standard InChI is InChI=1S/C24H25F3N8O/c1-12-18(13(2)34(32-12)14-9-10-14)20-31-21-15-6-5-7-16(24(25,26)27)19(15)30-23(35(21)33-20)29-17-8-3-4-11-28-22(17)36/h5-7,14,17H,3-4,8-11H2,1-2H3,(H,28,36)(H,29,30)/t17-/m1/s1. The molecule has 1 aliphatic carbocycles. The van der Waals surface area contributed by atoms with E-state index in [0.717, 1.165) is 48.7 Å². The molecule has 2 aliphatic rings. The Morgan fingerprint density at radius 1 is 1.08 bits per heavy atom. The van der Waals surface area contributed by atoms with Crippen LogP contribution in [0, 0.1) is 13.8 Å². The lowest BCUT2D eigenvalue weighted by molar-refractivity contribution is -0.136. The number of aromatic nitrogens is 6. The maximum atomic E-state index is 13.9. The number of hydrogen-bond donors (Lipinski definition) is 2. The normalized spacial score (nSPS) is 19.0. The predicted octanol–water partition coefficient (Wildman–Crippen LogP) is 4.19. The Morgan fingerprint density at radius 2 is 1.89 bits per heavy atom. The van der Waals surface area contributed by atoms with Gasteiger partial charge in [0, 0.05) is 17.6 Å². The highest BCUT2D eigenvalue weighted by Gasteiger charge is 2.35. The summed E-state index contributed by atoms with van der Waals surface area (Å²) in [5.41, 5.74) is 1.54. The van der Waals surface area contributed by atoms with Gasteiger partial charge in [0.25, 0.3) is 0 Å². The van der Waals surface area contributed by atoms with Crippen LogP contribution in [0.15, 0.2) is 18.2 Å². The van der Waals surface area contributed by atoms with Crippen molar-refractivity contribution in [2.75, 3.05) is 11.9 Å². The number of nitrogens with one attached hydrogen (secondary N) is 2. The van der Waals surface area contributed by atoms with Crippen LogP contribution in [0.4, 0.5) is 19.1 Å². The summed E-state index contributed by atoms with van der Waals surface area (Å²) in [5, 5.41) is 15.4. The fourth-order valence-corrected chi connectivity index (χ4v) is 4.95. The minimum absolute atomic E-state index is 0.0416. The third-order valence-corrected chi connectivity index (χ3v) is 6.89. The van der Waals surface area contributed by atoms with Crippen molar-refractivity contribution < 1.29 is 18.0 Å². The molecule has 0 spiro atoms. The minimum atomic E-state index is -4.61. The maximum Gasteiger partial charge on any atom is 0.418 e.